The Morgan fingerprint density at radius 2 is 1.92 bits per heavy atom. The average Bonchev–Trinajstić information content (AvgIpc) is 3.54. The number of aromatic amines is 1. The Labute approximate surface area is 215 Å². The van der Waals surface area contributed by atoms with Crippen LogP contribution in [-0.2, 0) is 4.74 Å². The van der Waals surface area contributed by atoms with Crippen molar-refractivity contribution in [1.29, 1.82) is 0 Å². The van der Waals surface area contributed by atoms with Crippen LogP contribution in [0.1, 0.15) is 27.8 Å². The summed E-state index contributed by atoms with van der Waals surface area (Å²) >= 11 is 12.1. The Balaban J connectivity index is 1.39. The maximum absolute atomic E-state index is 12.9. The number of carbonyl (C=O) groups is 2. The number of benzene rings is 2. The SMILES string of the molecule is CCOC(=O)c1cnn2c(-c3cccc(NC(=O)c4cc(-c5ccc(Cl)c(Cl)c5)n[nH]4)c3)ccnc12. The van der Waals surface area contributed by atoms with E-state index in [4.69, 9.17) is 27.9 Å². The maximum atomic E-state index is 12.9. The van der Waals surface area contributed by atoms with Gasteiger partial charge in [0, 0.05) is 23.0 Å². The van der Waals surface area contributed by atoms with E-state index >= 15 is 0 Å². The summed E-state index contributed by atoms with van der Waals surface area (Å²) in [6, 6.07) is 15.8. The zero-order valence-corrected chi connectivity index (χ0v) is 20.3. The van der Waals surface area contributed by atoms with E-state index in [0.29, 0.717) is 32.8 Å². The van der Waals surface area contributed by atoms with E-state index < -0.39 is 5.97 Å². The number of nitrogens with zero attached hydrogens (tertiary/aromatic N) is 4. The number of esters is 1. The van der Waals surface area contributed by atoms with Crippen molar-refractivity contribution in [3.05, 3.63) is 88.3 Å². The largest absolute Gasteiger partial charge is 0.462 e. The third kappa shape index (κ3) is 4.53. The molecule has 11 heteroatoms. The van der Waals surface area contributed by atoms with E-state index in [-0.39, 0.29) is 23.8 Å². The molecule has 0 saturated heterocycles. The summed E-state index contributed by atoms with van der Waals surface area (Å²) in [5.74, 6) is -0.854. The molecule has 0 saturated carbocycles. The molecule has 0 aliphatic rings. The second-order valence-electron chi connectivity index (χ2n) is 7.67. The average molecular weight is 521 g/mol. The van der Waals surface area contributed by atoms with Gasteiger partial charge in [-0.15, -0.1) is 0 Å². The summed E-state index contributed by atoms with van der Waals surface area (Å²) in [6.07, 6.45) is 3.02. The van der Waals surface area contributed by atoms with E-state index in [1.807, 2.05) is 6.07 Å². The molecule has 0 bridgehead atoms. The van der Waals surface area contributed by atoms with E-state index in [9.17, 15) is 9.59 Å². The molecule has 0 fully saturated rings. The molecule has 5 aromatic rings. The number of halogens is 2. The normalized spacial score (nSPS) is 11.0. The molecule has 3 heterocycles. The Morgan fingerprint density at radius 3 is 2.72 bits per heavy atom. The molecule has 2 N–H and O–H groups in total. The first-order valence-electron chi connectivity index (χ1n) is 10.9. The van der Waals surface area contributed by atoms with Crippen LogP contribution in [0, 0.1) is 0 Å². The summed E-state index contributed by atoms with van der Waals surface area (Å²) in [7, 11) is 0. The van der Waals surface area contributed by atoms with Crippen molar-refractivity contribution in [2.24, 2.45) is 0 Å². The lowest BCUT2D eigenvalue weighted by atomic mass is 10.1. The van der Waals surface area contributed by atoms with Crippen molar-refractivity contribution in [2.45, 2.75) is 6.92 Å². The molecular formula is C25H18Cl2N6O3. The molecule has 0 radical (unpaired) electrons. The molecule has 180 valence electrons. The number of nitrogens with one attached hydrogen (secondary N) is 2. The molecule has 0 aliphatic carbocycles. The number of fused-ring (bicyclic) bond motifs is 1. The van der Waals surface area contributed by atoms with Crippen LogP contribution in [0.4, 0.5) is 5.69 Å². The van der Waals surface area contributed by atoms with Crippen molar-refractivity contribution < 1.29 is 14.3 Å². The lowest BCUT2D eigenvalue weighted by Crippen LogP contribution is -2.12. The van der Waals surface area contributed by atoms with Gasteiger partial charge >= 0.3 is 5.97 Å². The molecule has 0 spiro atoms. The monoisotopic (exact) mass is 520 g/mol. The topological polar surface area (TPSA) is 114 Å². The Hall–Kier alpha value is -4.21. The van der Waals surface area contributed by atoms with Crippen LogP contribution in [0.2, 0.25) is 10.0 Å². The van der Waals surface area contributed by atoms with Gasteiger partial charge in [0.2, 0.25) is 0 Å². The van der Waals surface area contributed by atoms with Gasteiger partial charge in [-0.05, 0) is 43.3 Å². The minimum atomic E-state index is -0.488. The van der Waals surface area contributed by atoms with E-state index in [1.54, 1.807) is 66.2 Å². The standard InChI is InChI=1S/C25H18Cl2N6O3/c1-2-36-25(35)17-13-29-33-22(8-9-28-23(17)33)15-4-3-5-16(10-15)30-24(34)21-12-20(31-32-21)14-6-7-18(26)19(27)11-14/h3-13H,2H2,1H3,(H,30,34)(H,31,32). The van der Waals surface area contributed by atoms with Gasteiger partial charge < -0.3 is 10.1 Å². The van der Waals surface area contributed by atoms with Gasteiger partial charge in [-0.25, -0.2) is 14.3 Å². The smallest absolute Gasteiger partial charge is 0.343 e. The van der Waals surface area contributed by atoms with Crippen LogP contribution in [-0.4, -0.2) is 43.3 Å². The van der Waals surface area contributed by atoms with Gasteiger partial charge in [-0.1, -0.05) is 41.4 Å². The van der Waals surface area contributed by atoms with Crippen LogP contribution in [0.15, 0.2) is 67.0 Å². The summed E-state index contributed by atoms with van der Waals surface area (Å²) in [6.45, 7) is 1.99. The van der Waals surface area contributed by atoms with Gasteiger partial charge in [0.05, 0.1) is 34.2 Å². The number of aromatic nitrogens is 5. The number of ether oxygens (including phenoxy) is 1. The second kappa shape index (κ2) is 9.80. The number of H-pyrrole nitrogens is 1. The summed E-state index contributed by atoms with van der Waals surface area (Å²) in [5, 5.41) is 15.0. The number of rotatable bonds is 6. The lowest BCUT2D eigenvalue weighted by Gasteiger charge is -2.08. The number of hydrogen-bond acceptors (Lipinski definition) is 6. The Bertz CT molecular complexity index is 1610. The number of carbonyl (C=O) groups excluding carboxylic acids is 2. The van der Waals surface area contributed by atoms with E-state index in [0.717, 1.165) is 11.1 Å². The third-order valence-corrected chi connectivity index (χ3v) is 6.09. The van der Waals surface area contributed by atoms with Crippen molar-refractivity contribution in [3.63, 3.8) is 0 Å². The zero-order valence-electron chi connectivity index (χ0n) is 18.8. The highest BCUT2D eigenvalue weighted by molar-refractivity contribution is 6.42. The van der Waals surface area contributed by atoms with Gasteiger partial charge in [-0.2, -0.15) is 10.2 Å². The van der Waals surface area contributed by atoms with Gasteiger partial charge in [0.15, 0.2) is 5.65 Å². The zero-order chi connectivity index (χ0) is 25.2. The van der Waals surface area contributed by atoms with E-state index in [1.165, 1.54) is 6.20 Å². The Kier molecular flexibility index (Phi) is 6.41. The third-order valence-electron chi connectivity index (χ3n) is 5.35. The molecule has 0 aliphatic heterocycles. The van der Waals surface area contributed by atoms with Crippen molar-refractivity contribution in [2.75, 3.05) is 11.9 Å². The molecule has 3 aromatic heterocycles. The van der Waals surface area contributed by atoms with Crippen molar-refractivity contribution in [1.82, 2.24) is 24.8 Å². The first-order valence-corrected chi connectivity index (χ1v) is 11.6. The number of anilines is 1. The molecule has 9 nitrogen and oxygen atoms in total. The van der Waals surface area contributed by atoms with Crippen molar-refractivity contribution in [3.8, 4) is 22.5 Å². The fourth-order valence-electron chi connectivity index (χ4n) is 3.66. The van der Waals surface area contributed by atoms with Gasteiger partial charge in [0.1, 0.15) is 11.3 Å². The molecule has 5 rings (SSSR count). The highest BCUT2D eigenvalue weighted by atomic mass is 35.5. The first kappa shape index (κ1) is 23.5. The maximum Gasteiger partial charge on any atom is 0.343 e. The van der Waals surface area contributed by atoms with E-state index in [2.05, 4.69) is 25.6 Å². The van der Waals surface area contributed by atoms with Crippen LogP contribution in [0.3, 0.4) is 0 Å². The summed E-state index contributed by atoms with van der Waals surface area (Å²) < 4.78 is 6.65. The molecule has 0 atom stereocenters. The van der Waals surface area contributed by atoms with Crippen LogP contribution in [0.5, 0.6) is 0 Å². The predicted molar refractivity (Wildman–Crippen MR) is 136 cm³/mol. The molecule has 36 heavy (non-hydrogen) atoms. The van der Waals surface area contributed by atoms with Crippen molar-refractivity contribution >= 4 is 46.4 Å². The molecular weight excluding hydrogens is 503 g/mol. The summed E-state index contributed by atoms with van der Waals surface area (Å²) in [5.41, 5.74) is 4.24. The predicted octanol–water partition coefficient (Wildman–Crippen LogP) is 5.52. The second-order valence-corrected chi connectivity index (χ2v) is 8.49. The van der Waals surface area contributed by atoms with Crippen LogP contribution >= 0.6 is 23.2 Å². The Morgan fingerprint density at radius 1 is 1.06 bits per heavy atom. The highest BCUT2D eigenvalue weighted by Crippen LogP contribution is 2.28. The van der Waals surface area contributed by atoms with Gasteiger partial charge in [0.25, 0.3) is 5.91 Å². The fraction of sp³-hybridized carbons (Fsp3) is 0.0800. The first-order chi connectivity index (χ1) is 17.4. The minimum absolute atomic E-state index is 0.253. The molecule has 1 amide bonds. The van der Waals surface area contributed by atoms with Crippen LogP contribution in [0.25, 0.3) is 28.2 Å². The highest BCUT2D eigenvalue weighted by Gasteiger charge is 2.18. The van der Waals surface area contributed by atoms with Gasteiger partial charge in [-0.3, -0.25) is 9.89 Å². The lowest BCUT2D eigenvalue weighted by molar-refractivity contribution is 0.0528. The molecule has 0 unspecified atom stereocenters. The number of hydrogen-bond donors (Lipinski definition) is 2. The van der Waals surface area contributed by atoms with Crippen LogP contribution < -0.4 is 5.32 Å². The summed E-state index contributed by atoms with van der Waals surface area (Å²) in [4.78, 5) is 29.4. The quantitative estimate of drug-likeness (QED) is 0.285. The molecule has 2 aromatic carbocycles. The minimum Gasteiger partial charge on any atom is -0.462 e. The number of amides is 1. The fourth-order valence-corrected chi connectivity index (χ4v) is 3.96.